The summed E-state index contributed by atoms with van der Waals surface area (Å²) in [6, 6.07) is 20.2. The van der Waals surface area contributed by atoms with Crippen molar-refractivity contribution in [3.63, 3.8) is 0 Å². The molecule has 0 atom stereocenters. The van der Waals surface area contributed by atoms with E-state index in [-0.39, 0.29) is 10.8 Å². The average Bonchev–Trinajstić information content (AvgIpc) is 2.71. The summed E-state index contributed by atoms with van der Waals surface area (Å²) in [6.45, 7) is 3.69. The number of nitrogens with one attached hydrogen (secondary N) is 1. The van der Waals surface area contributed by atoms with Crippen LogP contribution in [0.15, 0.2) is 71.6 Å². The van der Waals surface area contributed by atoms with Crippen molar-refractivity contribution < 1.29 is 13.2 Å². The highest BCUT2D eigenvalue weighted by Gasteiger charge is 2.21. The molecule has 0 aliphatic heterocycles. The molecule has 5 nitrogen and oxygen atoms in total. The van der Waals surface area contributed by atoms with Crippen LogP contribution in [0.1, 0.15) is 21.5 Å². The second-order valence-electron chi connectivity index (χ2n) is 7.07. The number of aryl methyl sites for hydroxylation is 1. The smallest absolute Gasteiger partial charge is 0.256 e. The third-order valence-electron chi connectivity index (χ3n) is 4.92. The first kappa shape index (κ1) is 20.8. The van der Waals surface area contributed by atoms with E-state index < -0.39 is 10.0 Å². The van der Waals surface area contributed by atoms with Gasteiger partial charge in [-0.25, -0.2) is 12.7 Å². The predicted octanol–water partition coefficient (Wildman–Crippen LogP) is 4.47. The van der Waals surface area contributed by atoms with E-state index in [9.17, 15) is 13.2 Å². The fraction of sp³-hybridized carbons (Fsp3) is 0.174. The average molecular weight is 409 g/mol. The lowest BCUT2D eigenvalue weighted by molar-refractivity contribution is 0.102. The molecule has 0 bridgehead atoms. The van der Waals surface area contributed by atoms with E-state index in [2.05, 4.69) is 5.32 Å². The van der Waals surface area contributed by atoms with Crippen molar-refractivity contribution in [1.29, 1.82) is 0 Å². The summed E-state index contributed by atoms with van der Waals surface area (Å²) in [5.41, 5.74) is 4.38. The molecule has 1 amide bonds. The van der Waals surface area contributed by atoms with Gasteiger partial charge in [-0.1, -0.05) is 48.5 Å². The number of amides is 1. The Bertz CT molecular complexity index is 1150. The second-order valence-corrected chi connectivity index (χ2v) is 9.22. The van der Waals surface area contributed by atoms with E-state index in [4.69, 9.17) is 0 Å². The minimum atomic E-state index is -3.61. The molecule has 0 saturated carbocycles. The predicted molar refractivity (Wildman–Crippen MR) is 117 cm³/mol. The molecule has 6 heteroatoms. The Kier molecular flexibility index (Phi) is 5.86. The van der Waals surface area contributed by atoms with Gasteiger partial charge >= 0.3 is 0 Å². The molecule has 0 aliphatic carbocycles. The molecule has 3 aromatic rings. The topological polar surface area (TPSA) is 66.5 Å². The van der Waals surface area contributed by atoms with Crippen LogP contribution >= 0.6 is 0 Å². The molecule has 1 N–H and O–H groups in total. The summed E-state index contributed by atoms with van der Waals surface area (Å²) < 4.78 is 26.3. The van der Waals surface area contributed by atoms with Crippen molar-refractivity contribution in [2.24, 2.45) is 0 Å². The Hall–Kier alpha value is -2.96. The maximum absolute atomic E-state index is 13.1. The van der Waals surface area contributed by atoms with Crippen LogP contribution < -0.4 is 5.32 Å². The van der Waals surface area contributed by atoms with E-state index in [1.807, 2.05) is 62.4 Å². The zero-order valence-electron chi connectivity index (χ0n) is 16.9. The SMILES string of the molecule is Cc1cc(S(=O)(=O)N(C)C)cc(NC(=O)c2ccccc2-c2ccccc2)c1C. The lowest BCUT2D eigenvalue weighted by Gasteiger charge is -2.17. The highest BCUT2D eigenvalue weighted by atomic mass is 32.2. The quantitative estimate of drug-likeness (QED) is 0.677. The minimum absolute atomic E-state index is 0.150. The van der Waals surface area contributed by atoms with Crippen LogP contribution in [-0.2, 0) is 10.0 Å². The van der Waals surface area contributed by atoms with Gasteiger partial charge in [-0.2, -0.15) is 0 Å². The molecule has 3 rings (SSSR count). The van der Waals surface area contributed by atoms with Crippen molar-refractivity contribution in [3.8, 4) is 11.1 Å². The number of hydrogen-bond acceptors (Lipinski definition) is 3. The first-order chi connectivity index (χ1) is 13.7. The number of sulfonamides is 1. The minimum Gasteiger partial charge on any atom is -0.322 e. The Morgan fingerprint density at radius 1 is 0.897 bits per heavy atom. The highest BCUT2D eigenvalue weighted by Crippen LogP contribution is 2.28. The van der Waals surface area contributed by atoms with E-state index in [0.717, 1.165) is 26.6 Å². The molecule has 0 aromatic heterocycles. The van der Waals surface area contributed by atoms with Crippen molar-refractivity contribution in [1.82, 2.24) is 4.31 Å². The van der Waals surface area contributed by atoms with Crippen LogP contribution in [0.5, 0.6) is 0 Å². The Labute approximate surface area is 172 Å². The molecule has 0 fully saturated rings. The number of benzene rings is 3. The highest BCUT2D eigenvalue weighted by molar-refractivity contribution is 7.89. The van der Waals surface area contributed by atoms with Gasteiger partial charge in [0.05, 0.1) is 4.90 Å². The number of rotatable bonds is 5. The summed E-state index contributed by atoms with van der Waals surface area (Å²) in [5, 5.41) is 2.91. The van der Waals surface area contributed by atoms with Crippen LogP contribution in [0.4, 0.5) is 5.69 Å². The molecule has 29 heavy (non-hydrogen) atoms. The molecule has 150 valence electrons. The monoisotopic (exact) mass is 408 g/mol. The molecular weight excluding hydrogens is 384 g/mol. The van der Waals surface area contributed by atoms with Gasteiger partial charge in [0.2, 0.25) is 10.0 Å². The molecule has 0 unspecified atom stereocenters. The van der Waals surface area contributed by atoms with Gasteiger partial charge in [-0.05, 0) is 54.3 Å². The molecule has 0 aliphatic rings. The van der Waals surface area contributed by atoms with Gasteiger partial charge in [0.25, 0.3) is 5.91 Å². The van der Waals surface area contributed by atoms with Crippen LogP contribution in [0, 0.1) is 13.8 Å². The van der Waals surface area contributed by atoms with Crippen molar-refractivity contribution in [2.75, 3.05) is 19.4 Å². The molecular formula is C23H24N2O3S. The van der Waals surface area contributed by atoms with E-state index in [1.165, 1.54) is 20.2 Å². The third kappa shape index (κ3) is 4.23. The standard InChI is InChI=1S/C23H24N2O3S/c1-16-14-19(29(27,28)25(3)4)15-22(17(16)2)24-23(26)21-13-9-8-12-20(21)18-10-6-5-7-11-18/h5-15H,1-4H3,(H,24,26). The van der Waals surface area contributed by atoms with Gasteiger partial charge in [-0.15, -0.1) is 0 Å². The lowest BCUT2D eigenvalue weighted by Crippen LogP contribution is -2.23. The van der Waals surface area contributed by atoms with Crippen molar-refractivity contribution in [3.05, 3.63) is 83.4 Å². The first-order valence-corrected chi connectivity index (χ1v) is 10.7. The zero-order valence-corrected chi connectivity index (χ0v) is 17.7. The molecule has 0 saturated heterocycles. The normalized spacial score (nSPS) is 11.5. The van der Waals surface area contributed by atoms with Crippen molar-refractivity contribution >= 4 is 21.6 Å². The Morgan fingerprint density at radius 3 is 2.17 bits per heavy atom. The number of anilines is 1. The molecule has 3 aromatic carbocycles. The summed E-state index contributed by atoms with van der Waals surface area (Å²) >= 11 is 0. The van der Waals surface area contributed by atoms with E-state index in [0.29, 0.717) is 11.3 Å². The fourth-order valence-corrected chi connectivity index (χ4v) is 4.07. The zero-order chi connectivity index (χ0) is 21.2. The summed E-state index contributed by atoms with van der Waals surface area (Å²) in [5.74, 6) is -0.286. The number of hydrogen-bond donors (Lipinski definition) is 1. The summed E-state index contributed by atoms with van der Waals surface area (Å²) in [4.78, 5) is 13.2. The van der Waals surface area contributed by atoms with E-state index in [1.54, 1.807) is 12.1 Å². The molecule has 0 heterocycles. The van der Waals surface area contributed by atoms with Gasteiger partial charge in [-0.3, -0.25) is 4.79 Å². The van der Waals surface area contributed by atoms with Gasteiger partial charge in [0, 0.05) is 25.3 Å². The summed E-state index contributed by atoms with van der Waals surface area (Å²) in [7, 11) is -0.638. The lowest BCUT2D eigenvalue weighted by atomic mass is 9.99. The second kappa shape index (κ2) is 8.19. The Balaban J connectivity index is 2.02. The number of nitrogens with zero attached hydrogens (tertiary/aromatic N) is 1. The largest absolute Gasteiger partial charge is 0.322 e. The van der Waals surface area contributed by atoms with Crippen LogP contribution in [-0.4, -0.2) is 32.7 Å². The van der Waals surface area contributed by atoms with Crippen LogP contribution in [0.2, 0.25) is 0 Å². The third-order valence-corrected chi connectivity index (χ3v) is 6.72. The van der Waals surface area contributed by atoms with E-state index >= 15 is 0 Å². The molecule has 0 spiro atoms. The maximum atomic E-state index is 13.1. The Morgan fingerprint density at radius 2 is 1.52 bits per heavy atom. The first-order valence-electron chi connectivity index (χ1n) is 9.21. The number of carbonyl (C=O) groups is 1. The van der Waals surface area contributed by atoms with Crippen LogP contribution in [0.25, 0.3) is 11.1 Å². The van der Waals surface area contributed by atoms with Crippen LogP contribution in [0.3, 0.4) is 0 Å². The van der Waals surface area contributed by atoms with Gasteiger partial charge in [0.1, 0.15) is 0 Å². The summed E-state index contributed by atoms with van der Waals surface area (Å²) in [6.07, 6.45) is 0. The number of carbonyl (C=O) groups excluding carboxylic acids is 1. The maximum Gasteiger partial charge on any atom is 0.256 e. The van der Waals surface area contributed by atoms with Gasteiger partial charge < -0.3 is 5.32 Å². The van der Waals surface area contributed by atoms with Crippen molar-refractivity contribution in [2.45, 2.75) is 18.7 Å². The van der Waals surface area contributed by atoms with Gasteiger partial charge in [0.15, 0.2) is 0 Å². The fourth-order valence-electron chi connectivity index (χ4n) is 3.06. The molecule has 0 radical (unpaired) electrons.